The van der Waals surface area contributed by atoms with Gasteiger partial charge in [-0.1, -0.05) is 42.5 Å². The molecule has 2 heterocycles. The first-order valence-electron chi connectivity index (χ1n) is 12.4. The molecule has 196 valence electrons. The third kappa shape index (κ3) is 6.44. The molecule has 0 unspecified atom stereocenters. The highest BCUT2D eigenvalue weighted by Gasteiger charge is 2.34. The smallest absolute Gasteiger partial charge is 0.369 e. The largest absolute Gasteiger partial charge is 0.418 e. The highest BCUT2D eigenvalue weighted by Crippen LogP contribution is 2.36. The summed E-state index contributed by atoms with van der Waals surface area (Å²) in [5.41, 5.74) is 2.42. The lowest BCUT2D eigenvalue weighted by Gasteiger charge is -2.19. The van der Waals surface area contributed by atoms with Gasteiger partial charge in [0, 0.05) is 36.8 Å². The summed E-state index contributed by atoms with van der Waals surface area (Å²) in [6.45, 7) is 12.0. The molecule has 4 rings (SSSR count). The Labute approximate surface area is 220 Å². The number of hydrogen-bond acceptors (Lipinski definition) is 5. The summed E-state index contributed by atoms with van der Waals surface area (Å²) >= 11 is 0. The molecule has 0 atom stereocenters. The van der Waals surface area contributed by atoms with Gasteiger partial charge in [0.05, 0.1) is 23.3 Å². The summed E-state index contributed by atoms with van der Waals surface area (Å²) in [4.78, 5) is 15.6. The maximum absolute atomic E-state index is 13.7. The summed E-state index contributed by atoms with van der Waals surface area (Å²) in [5, 5.41) is 4.16. The number of pyridine rings is 1. The summed E-state index contributed by atoms with van der Waals surface area (Å²) in [6.07, 6.45) is 1.23. The van der Waals surface area contributed by atoms with Gasteiger partial charge in [-0.3, -0.25) is 9.88 Å². The van der Waals surface area contributed by atoms with Crippen molar-refractivity contribution in [2.75, 3.05) is 25.0 Å². The zero-order valence-electron chi connectivity index (χ0n) is 21.3. The Morgan fingerprint density at radius 2 is 1.74 bits per heavy atom. The molecule has 0 aliphatic heterocycles. The highest BCUT2D eigenvalue weighted by atomic mass is 19.4. The van der Waals surface area contributed by atoms with Crippen LogP contribution in [0.4, 0.5) is 19.0 Å². The topological polar surface area (TPSA) is 53.9 Å². The molecule has 2 aromatic heterocycles. The lowest BCUT2D eigenvalue weighted by atomic mass is 10.0. The van der Waals surface area contributed by atoms with Gasteiger partial charge in [-0.25, -0.2) is 9.97 Å². The van der Waals surface area contributed by atoms with Gasteiger partial charge in [0.25, 0.3) is 0 Å². The van der Waals surface area contributed by atoms with Crippen LogP contribution in [-0.4, -0.2) is 39.5 Å². The van der Waals surface area contributed by atoms with Gasteiger partial charge in [-0.15, -0.1) is 13.2 Å². The molecular formula is C30H30F3N5. The Morgan fingerprint density at radius 1 is 0.974 bits per heavy atom. The molecule has 0 spiro atoms. The number of fused-ring (bicyclic) bond motifs is 1. The first kappa shape index (κ1) is 27.0. The van der Waals surface area contributed by atoms with Crippen LogP contribution in [0.15, 0.2) is 86.1 Å². The second-order valence-corrected chi connectivity index (χ2v) is 8.99. The number of nitrogens with one attached hydrogen (secondary N) is 1. The quantitative estimate of drug-likeness (QED) is 0.221. The standard InChI is InChI=1S/C30H30F3N5/c1-4-17-38(18-5-2)20-27-36-26-19-23(28-25(30(31,32)33)11-8-15-34-28)12-13-24(26)29(37-27)35-16-14-22-10-7-6-9-21(22)3/h4-13,15,19H,1-2,14,16-18,20H2,3H3,(H,35,36,37). The van der Waals surface area contributed by atoms with Crippen molar-refractivity contribution >= 4 is 16.7 Å². The molecule has 0 radical (unpaired) electrons. The Bertz CT molecular complexity index is 1420. The summed E-state index contributed by atoms with van der Waals surface area (Å²) < 4.78 is 41.0. The minimum Gasteiger partial charge on any atom is -0.369 e. The summed E-state index contributed by atoms with van der Waals surface area (Å²) in [7, 11) is 0. The predicted molar refractivity (Wildman–Crippen MR) is 147 cm³/mol. The van der Waals surface area contributed by atoms with E-state index in [0.29, 0.717) is 48.9 Å². The van der Waals surface area contributed by atoms with Crippen molar-refractivity contribution in [3.05, 3.63) is 109 Å². The van der Waals surface area contributed by atoms with E-state index in [9.17, 15) is 13.2 Å². The van der Waals surface area contributed by atoms with E-state index in [2.05, 4.69) is 47.4 Å². The number of alkyl halides is 3. The normalized spacial score (nSPS) is 11.6. The molecule has 5 nitrogen and oxygen atoms in total. The number of hydrogen-bond donors (Lipinski definition) is 1. The van der Waals surface area contributed by atoms with Crippen LogP contribution in [0.3, 0.4) is 0 Å². The van der Waals surface area contributed by atoms with Crippen LogP contribution in [0.2, 0.25) is 0 Å². The van der Waals surface area contributed by atoms with Crippen molar-refractivity contribution in [1.29, 1.82) is 0 Å². The molecule has 0 bridgehead atoms. The monoisotopic (exact) mass is 517 g/mol. The van der Waals surface area contributed by atoms with Crippen molar-refractivity contribution in [2.45, 2.75) is 26.1 Å². The molecule has 38 heavy (non-hydrogen) atoms. The van der Waals surface area contributed by atoms with E-state index >= 15 is 0 Å². The third-order valence-corrected chi connectivity index (χ3v) is 6.22. The van der Waals surface area contributed by atoms with Crippen LogP contribution in [-0.2, 0) is 19.1 Å². The molecule has 0 saturated carbocycles. The number of aryl methyl sites for hydroxylation is 1. The van der Waals surface area contributed by atoms with E-state index in [0.717, 1.165) is 17.9 Å². The molecule has 0 amide bonds. The summed E-state index contributed by atoms with van der Waals surface area (Å²) in [6, 6.07) is 15.6. The van der Waals surface area contributed by atoms with Crippen LogP contribution in [0.1, 0.15) is 22.5 Å². The fraction of sp³-hybridized carbons (Fsp3) is 0.233. The maximum Gasteiger partial charge on any atom is 0.418 e. The Kier molecular flexibility index (Phi) is 8.53. The fourth-order valence-electron chi connectivity index (χ4n) is 4.37. The molecule has 8 heteroatoms. The average Bonchev–Trinajstić information content (AvgIpc) is 2.89. The molecular weight excluding hydrogens is 487 g/mol. The van der Waals surface area contributed by atoms with E-state index in [4.69, 9.17) is 9.97 Å². The van der Waals surface area contributed by atoms with Crippen molar-refractivity contribution in [3.8, 4) is 11.3 Å². The van der Waals surface area contributed by atoms with Gasteiger partial charge >= 0.3 is 6.18 Å². The zero-order valence-corrected chi connectivity index (χ0v) is 21.3. The number of halogens is 3. The van der Waals surface area contributed by atoms with E-state index in [1.807, 2.05) is 12.1 Å². The van der Waals surface area contributed by atoms with Gasteiger partial charge in [0.1, 0.15) is 11.6 Å². The minimum absolute atomic E-state index is 0.129. The molecule has 0 fully saturated rings. The van der Waals surface area contributed by atoms with Crippen molar-refractivity contribution in [3.63, 3.8) is 0 Å². The first-order chi connectivity index (χ1) is 18.3. The lowest BCUT2D eigenvalue weighted by Crippen LogP contribution is -2.24. The number of benzene rings is 2. The number of aromatic nitrogens is 3. The van der Waals surface area contributed by atoms with E-state index in [1.165, 1.54) is 23.4 Å². The second kappa shape index (κ2) is 12.0. The number of anilines is 1. The Balaban J connectivity index is 1.73. The van der Waals surface area contributed by atoms with Crippen molar-refractivity contribution in [1.82, 2.24) is 19.9 Å². The average molecular weight is 518 g/mol. The maximum atomic E-state index is 13.7. The summed E-state index contributed by atoms with van der Waals surface area (Å²) in [5.74, 6) is 1.19. The Hall–Kier alpha value is -4.04. The minimum atomic E-state index is -4.52. The van der Waals surface area contributed by atoms with E-state index < -0.39 is 11.7 Å². The zero-order chi connectivity index (χ0) is 27.1. The molecule has 2 aromatic carbocycles. The molecule has 1 N–H and O–H groups in total. The van der Waals surface area contributed by atoms with Crippen LogP contribution < -0.4 is 5.32 Å². The van der Waals surface area contributed by atoms with Gasteiger partial charge in [0.2, 0.25) is 0 Å². The first-order valence-corrected chi connectivity index (χ1v) is 12.4. The fourth-order valence-corrected chi connectivity index (χ4v) is 4.37. The van der Waals surface area contributed by atoms with Gasteiger partial charge in [-0.05, 0) is 48.7 Å². The van der Waals surface area contributed by atoms with Crippen LogP contribution in [0.5, 0.6) is 0 Å². The van der Waals surface area contributed by atoms with Gasteiger partial charge in [-0.2, -0.15) is 13.2 Å². The van der Waals surface area contributed by atoms with Crippen LogP contribution in [0, 0.1) is 6.92 Å². The second-order valence-electron chi connectivity index (χ2n) is 8.99. The number of rotatable bonds is 11. The Morgan fingerprint density at radius 3 is 2.45 bits per heavy atom. The van der Waals surface area contributed by atoms with Crippen molar-refractivity contribution in [2.24, 2.45) is 0 Å². The molecule has 4 aromatic rings. The molecule has 0 aliphatic rings. The predicted octanol–water partition coefficient (Wildman–Crippen LogP) is 6.85. The van der Waals surface area contributed by atoms with Crippen molar-refractivity contribution < 1.29 is 13.2 Å². The third-order valence-electron chi connectivity index (χ3n) is 6.22. The SMILES string of the molecule is C=CCN(CC=C)Cc1nc(NCCc2ccccc2C)c2ccc(-c3ncccc3C(F)(F)F)cc2n1. The van der Waals surface area contributed by atoms with Gasteiger partial charge < -0.3 is 5.32 Å². The van der Waals surface area contributed by atoms with E-state index in [1.54, 1.807) is 30.4 Å². The lowest BCUT2D eigenvalue weighted by molar-refractivity contribution is -0.137. The van der Waals surface area contributed by atoms with Gasteiger partial charge in [0.15, 0.2) is 0 Å². The van der Waals surface area contributed by atoms with Crippen LogP contribution in [0.25, 0.3) is 22.2 Å². The number of nitrogens with zero attached hydrogens (tertiary/aromatic N) is 4. The molecule has 0 aliphatic carbocycles. The molecule has 0 saturated heterocycles. The van der Waals surface area contributed by atoms with E-state index in [-0.39, 0.29) is 5.69 Å². The highest BCUT2D eigenvalue weighted by molar-refractivity contribution is 5.92. The van der Waals surface area contributed by atoms with Crippen LogP contribution >= 0.6 is 0 Å².